The lowest BCUT2D eigenvalue weighted by Crippen LogP contribution is -2.30. The summed E-state index contributed by atoms with van der Waals surface area (Å²) in [5.41, 5.74) is 2.13. The predicted molar refractivity (Wildman–Crippen MR) is 81.8 cm³/mol. The Labute approximate surface area is 124 Å². The van der Waals surface area contributed by atoms with E-state index >= 15 is 0 Å². The summed E-state index contributed by atoms with van der Waals surface area (Å²) in [7, 11) is 0. The van der Waals surface area contributed by atoms with E-state index in [0.717, 1.165) is 17.6 Å². The molecule has 1 saturated carbocycles. The summed E-state index contributed by atoms with van der Waals surface area (Å²) in [6, 6.07) is 3.41. The van der Waals surface area contributed by atoms with Gasteiger partial charge in [-0.15, -0.1) is 0 Å². The molecular formula is C13H14FIN2S. The molecule has 0 atom stereocenters. The Balaban J connectivity index is 2.13. The van der Waals surface area contributed by atoms with E-state index in [0.29, 0.717) is 13.8 Å². The first-order chi connectivity index (χ1) is 8.48. The van der Waals surface area contributed by atoms with E-state index in [2.05, 4.69) is 11.9 Å². The summed E-state index contributed by atoms with van der Waals surface area (Å²) in [5, 5.41) is 0. The summed E-state index contributed by atoms with van der Waals surface area (Å²) in [4.78, 5) is 3.17. The zero-order valence-corrected chi connectivity index (χ0v) is 13.1. The minimum absolute atomic E-state index is 0.176. The first kappa shape index (κ1) is 12.6. The number of hydrogen-bond acceptors (Lipinski definition) is 1. The number of rotatable bonds is 2. The Morgan fingerprint density at radius 1 is 1.50 bits per heavy atom. The smallest absolute Gasteiger partial charge is 0.178 e. The molecule has 1 N–H and O–H groups in total. The van der Waals surface area contributed by atoms with E-state index in [1.807, 2.05) is 33.2 Å². The molecule has 1 heterocycles. The van der Waals surface area contributed by atoms with Crippen molar-refractivity contribution in [3.05, 3.63) is 26.3 Å². The molecule has 0 aliphatic heterocycles. The van der Waals surface area contributed by atoms with Gasteiger partial charge in [-0.1, -0.05) is 13.3 Å². The Bertz CT molecular complexity index is 669. The van der Waals surface area contributed by atoms with Gasteiger partial charge in [-0.2, -0.15) is 0 Å². The SMILES string of the molecule is CC1(Cn2c(=S)[nH]c3cc(I)c(F)cc32)CCC1. The van der Waals surface area contributed by atoms with Crippen LogP contribution in [0.15, 0.2) is 12.1 Å². The van der Waals surface area contributed by atoms with Gasteiger partial charge in [0, 0.05) is 12.6 Å². The topological polar surface area (TPSA) is 20.7 Å². The van der Waals surface area contributed by atoms with Crippen LogP contribution in [-0.2, 0) is 6.54 Å². The molecule has 96 valence electrons. The van der Waals surface area contributed by atoms with E-state index < -0.39 is 0 Å². The number of hydrogen-bond donors (Lipinski definition) is 1. The molecule has 0 saturated heterocycles. The van der Waals surface area contributed by atoms with E-state index in [1.165, 1.54) is 19.3 Å². The average Bonchev–Trinajstić information content (AvgIpc) is 2.55. The number of nitrogens with one attached hydrogen (secondary N) is 1. The first-order valence-electron chi connectivity index (χ1n) is 6.06. The third kappa shape index (κ3) is 2.01. The molecule has 1 aromatic heterocycles. The summed E-state index contributed by atoms with van der Waals surface area (Å²) in [5.74, 6) is -0.176. The Morgan fingerprint density at radius 3 is 2.83 bits per heavy atom. The van der Waals surface area contributed by atoms with Crippen molar-refractivity contribution in [2.24, 2.45) is 5.41 Å². The highest BCUT2D eigenvalue weighted by Gasteiger charge is 2.32. The second kappa shape index (κ2) is 4.30. The molecule has 3 rings (SSSR count). The van der Waals surface area contributed by atoms with Crippen LogP contribution >= 0.6 is 34.8 Å². The van der Waals surface area contributed by atoms with Crippen molar-refractivity contribution in [2.45, 2.75) is 32.7 Å². The summed E-state index contributed by atoms with van der Waals surface area (Å²) in [6.07, 6.45) is 3.75. The van der Waals surface area contributed by atoms with Gasteiger partial charge >= 0.3 is 0 Å². The number of nitrogens with zero attached hydrogens (tertiary/aromatic N) is 1. The molecule has 1 aliphatic rings. The monoisotopic (exact) mass is 376 g/mol. The van der Waals surface area contributed by atoms with Gasteiger partial charge < -0.3 is 9.55 Å². The third-order valence-corrected chi connectivity index (χ3v) is 5.07. The third-order valence-electron chi connectivity index (χ3n) is 3.92. The molecule has 2 aromatic rings. The van der Waals surface area contributed by atoms with Crippen molar-refractivity contribution < 1.29 is 4.39 Å². The molecule has 5 heteroatoms. The van der Waals surface area contributed by atoms with Gasteiger partial charge in [0.2, 0.25) is 0 Å². The Kier molecular flexibility index (Phi) is 3.01. The highest BCUT2D eigenvalue weighted by atomic mass is 127. The van der Waals surface area contributed by atoms with Crippen LogP contribution in [0.4, 0.5) is 4.39 Å². The molecular weight excluding hydrogens is 362 g/mol. The molecule has 1 fully saturated rings. The number of aromatic nitrogens is 2. The van der Waals surface area contributed by atoms with Crippen molar-refractivity contribution in [1.29, 1.82) is 0 Å². The van der Waals surface area contributed by atoms with Gasteiger partial charge in [-0.3, -0.25) is 0 Å². The minimum atomic E-state index is -0.176. The second-order valence-corrected chi connectivity index (χ2v) is 7.01. The van der Waals surface area contributed by atoms with Crippen LogP contribution in [0.5, 0.6) is 0 Å². The van der Waals surface area contributed by atoms with Crippen LogP contribution in [0.2, 0.25) is 0 Å². The lowest BCUT2D eigenvalue weighted by Gasteiger charge is -2.38. The van der Waals surface area contributed by atoms with Gasteiger partial charge in [-0.05, 0) is 59.1 Å². The maximum atomic E-state index is 13.7. The Hall–Kier alpha value is -0.430. The van der Waals surface area contributed by atoms with Crippen LogP contribution in [0.3, 0.4) is 0 Å². The molecule has 1 aromatic carbocycles. The van der Waals surface area contributed by atoms with Crippen molar-refractivity contribution in [3.8, 4) is 0 Å². The van der Waals surface area contributed by atoms with Crippen molar-refractivity contribution in [3.63, 3.8) is 0 Å². The molecule has 0 radical (unpaired) electrons. The minimum Gasteiger partial charge on any atom is -0.331 e. The number of halogens is 2. The average molecular weight is 376 g/mol. The lowest BCUT2D eigenvalue weighted by atomic mass is 9.70. The largest absolute Gasteiger partial charge is 0.331 e. The zero-order valence-electron chi connectivity index (χ0n) is 10.1. The summed E-state index contributed by atoms with van der Waals surface area (Å²) in [6.45, 7) is 3.16. The van der Waals surface area contributed by atoms with E-state index in [4.69, 9.17) is 12.2 Å². The van der Waals surface area contributed by atoms with Crippen molar-refractivity contribution >= 4 is 45.8 Å². The molecule has 0 spiro atoms. The quantitative estimate of drug-likeness (QED) is 0.599. The number of imidazole rings is 1. The van der Waals surface area contributed by atoms with Crippen molar-refractivity contribution in [1.82, 2.24) is 9.55 Å². The second-order valence-electron chi connectivity index (χ2n) is 5.46. The number of fused-ring (bicyclic) bond motifs is 1. The van der Waals surface area contributed by atoms with Gasteiger partial charge in [0.1, 0.15) is 5.82 Å². The molecule has 18 heavy (non-hydrogen) atoms. The number of aromatic amines is 1. The maximum absolute atomic E-state index is 13.7. The standard InChI is InChI=1S/C13H14FIN2S/c1-13(3-2-4-13)7-17-11-5-8(14)9(15)6-10(11)16-12(17)18/h5-6H,2-4,7H2,1H3,(H,16,18). The summed E-state index contributed by atoms with van der Waals surface area (Å²) >= 11 is 7.36. The molecule has 1 aliphatic carbocycles. The van der Waals surface area contributed by atoms with Gasteiger partial charge in [0.25, 0.3) is 0 Å². The Morgan fingerprint density at radius 2 is 2.22 bits per heavy atom. The lowest BCUT2D eigenvalue weighted by molar-refractivity contribution is 0.133. The van der Waals surface area contributed by atoms with Gasteiger partial charge in [0.15, 0.2) is 4.77 Å². The fourth-order valence-corrected chi connectivity index (χ4v) is 3.37. The maximum Gasteiger partial charge on any atom is 0.178 e. The fourth-order valence-electron chi connectivity index (χ4n) is 2.63. The number of H-pyrrole nitrogens is 1. The van der Waals surface area contributed by atoms with E-state index in [9.17, 15) is 4.39 Å². The number of benzene rings is 1. The summed E-state index contributed by atoms with van der Waals surface area (Å²) < 4.78 is 17.1. The normalized spacial score (nSPS) is 17.9. The van der Waals surface area contributed by atoms with Gasteiger partial charge in [-0.25, -0.2) is 4.39 Å². The van der Waals surface area contributed by atoms with E-state index in [-0.39, 0.29) is 5.82 Å². The van der Waals surface area contributed by atoms with Crippen LogP contribution in [0.1, 0.15) is 26.2 Å². The van der Waals surface area contributed by atoms with Crippen molar-refractivity contribution in [2.75, 3.05) is 0 Å². The fraction of sp³-hybridized carbons (Fsp3) is 0.462. The molecule has 2 nitrogen and oxygen atoms in total. The van der Waals surface area contributed by atoms with Crippen LogP contribution < -0.4 is 0 Å². The molecule has 0 unspecified atom stereocenters. The van der Waals surface area contributed by atoms with Crippen LogP contribution in [0, 0.1) is 19.6 Å². The van der Waals surface area contributed by atoms with Gasteiger partial charge in [0.05, 0.1) is 14.6 Å². The highest BCUT2D eigenvalue weighted by molar-refractivity contribution is 14.1. The molecule has 0 bridgehead atoms. The zero-order chi connectivity index (χ0) is 12.9. The molecule has 0 amide bonds. The van der Waals surface area contributed by atoms with Crippen LogP contribution in [0.25, 0.3) is 11.0 Å². The van der Waals surface area contributed by atoms with Crippen LogP contribution in [-0.4, -0.2) is 9.55 Å². The predicted octanol–water partition coefficient (Wildman–Crippen LogP) is 4.63. The highest BCUT2D eigenvalue weighted by Crippen LogP contribution is 2.42. The van der Waals surface area contributed by atoms with E-state index in [1.54, 1.807) is 6.07 Å². The first-order valence-corrected chi connectivity index (χ1v) is 7.55.